The van der Waals surface area contributed by atoms with Crippen LogP contribution in [0, 0.1) is 17.1 Å². The van der Waals surface area contributed by atoms with Crippen molar-refractivity contribution >= 4 is 0 Å². The second kappa shape index (κ2) is 3.70. The lowest BCUT2D eigenvalue weighted by Gasteiger charge is -2.02. The van der Waals surface area contributed by atoms with E-state index in [1.165, 1.54) is 12.1 Å². The van der Waals surface area contributed by atoms with Crippen molar-refractivity contribution in [2.24, 2.45) is 0 Å². The molecule has 0 bridgehead atoms. The molecule has 2 aromatic rings. The summed E-state index contributed by atoms with van der Waals surface area (Å²) in [4.78, 5) is 0. The molecule has 0 radical (unpaired) electrons. The molecule has 1 N–H and O–H groups in total. The van der Waals surface area contributed by atoms with E-state index in [2.05, 4.69) is 10.2 Å². The zero-order valence-electron chi connectivity index (χ0n) is 9.07. The van der Waals surface area contributed by atoms with E-state index in [1.807, 2.05) is 6.07 Å². The van der Waals surface area contributed by atoms with E-state index in [0.29, 0.717) is 11.5 Å². The highest BCUT2D eigenvalue weighted by Crippen LogP contribution is 2.43. The topological polar surface area (TPSA) is 52.5 Å². The molecule has 0 amide bonds. The van der Waals surface area contributed by atoms with Gasteiger partial charge in [0.25, 0.3) is 0 Å². The van der Waals surface area contributed by atoms with Gasteiger partial charge >= 0.3 is 0 Å². The van der Waals surface area contributed by atoms with E-state index in [-0.39, 0.29) is 5.82 Å². The third kappa shape index (κ3) is 1.80. The minimum Gasteiger partial charge on any atom is -0.282 e. The van der Waals surface area contributed by atoms with Crippen LogP contribution >= 0.6 is 0 Å². The van der Waals surface area contributed by atoms with Gasteiger partial charge in [0.05, 0.1) is 17.8 Å². The first-order chi connectivity index (χ1) is 8.28. The summed E-state index contributed by atoms with van der Waals surface area (Å²) in [5, 5.41) is 15.8. The summed E-state index contributed by atoms with van der Waals surface area (Å²) in [5.41, 5.74) is 3.02. The summed E-state index contributed by atoms with van der Waals surface area (Å²) >= 11 is 0. The Morgan fingerprint density at radius 1 is 1.35 bits per heavy atom. The van der Waals surface area contributed by atoms with E-state index in [4.69, 9.17) is 5.26 Å². The molecule has 1 saturated carbocycles. The maximum Gasteiger partial charge on any atom is 0.125 e. The second-order valence-corrected chi connectivity index (χ2v) is 4.31. The lowest BCUT2D eigenvalue weighted by molar-refractivity contribution is 0.628. The molecular formula is C13H10FN3. The van der Waals surface area contributed by atoms with Crippen LogP contribution in [0.1, 0.15) is 30.0 Å². The van der Waals surface area contributed by atoms with Crippen molar-refractivity contribution in [2.45, 2.75) is 18.8 Å². The molecule has 0 aliphatic heterocycles. The number of nitrogens with one attached hydrogen (secondary N) is 1. The molecule has 0 unspecified atom stereocenters. The Hall–Kier alpha value is -2.15. The normalized spacial score (nSPS) is 14.6. The summed E-state index contributed by atoms with van der Waals surface area (Å²) in [5.74, 6) is 0.128. The van der Waals surface area contributed by atoms with Crippen LogP contribution in [0.3, 0.4) is 0 Å². The fourth-order valence-electron chi connectivity index (χ4n) is 2.02. The molecule has 0 saturated heterocycles. The number of hydrogen-bond acceptors (Lipinski definition) is 2. The van der Waals surface area contributed by atoms with Gasteiger partial charge < -0.3 is 0 Å². The summed E-state index contributed by atoms with van der Waals surface area (Å²) < 4.78 is 13.4. The average molecular weight is 227 g/mol. The van der Waals surface area contributed by atoms with Gasteiger partial charge in [0.1, 0.15) is 5.82 Å². The lowest BCUT2D eigenvalue weighted by atomic mass is 10.0. The Balaban J connectivity index is 2.11. The van der Waals surface area contributed by atoms with Crippen LogP contribution in [0.25, 0.3) is 11.1 Å². The number of aromatic amines is 1. The lowest BCUT2D eigenvalue weighted by Crippen LogP contribution is -1.87. The molecule has 1 fully saturated rings. The number of nitriles is 1. The molecule has 1 heterocycles. The van der Waals surface area contributed by atoms with Gasteiger partial charge in [-0.2, -0.15) is 10.4 Å². The van der Waals surface area contributed by atoms with Gasteiger partial charge in [-0.3, -0.25) is 5.10 Å². The van der Waals surface area contributed by atoms with Crippen molar-refractivity contribution in [2.75, 3.05) is 0 Å². The van der Waals surface area contributed by atoms with Crippen LogP contribution in [0.15, 0.2) is 24.4 Å². The Morgan fingerprint density at radius 2 is 2.18 bits per heavy atom. The largest absolute Gasteiger partial charge is 0.282 e. The summed E-state index contributed by atoms with van der Waals surface area (Å²) in [6, 6.07) is 6.34. The minimum absolute atomic E-state index is 0.336. The monoisotopic (exact) mass is 227 g/mol. The number of benzene rings is 1. The van der Waals surface area contributed by atoms with Crippen molar-refractivity contribution in [1.82, 2.24) is 10.2 Å². The Labute approximate surface area is 97.9 Å². The highest BCUT2D eigenvalue weighted by atomic mass is 19.1. The first kappa shape index (κ1) is 10.0. The molecule has 1 aromatic heterocycles. The number of halogens is 1. The van der Waals surface area contributed by atoms with Gasteiger partial charge in [0, 0.05) is 17.2 Å². The first-order valence-electron chi connectivity index (χ1n) is 5.52. The zero-order chi connectivity index (χ0) is 11.8. The van der Waals surface area contributed by atoms with Crippen molar-refractivity contribution in [3.05, 3.63) is 41.5 Å². The van der Waals surface area contributed by atoms with Crippen LogP contribution < -0.4 is 0 Å². The van der Waals surface area contributed by atoms with E-state index in [1.54, 1.807) is 12.3 Å². The maximum atomic E-state index is 13.4. The van der Waals surface area contributed by atoms with Gasteiger partial charge in [-0.1, -0.05) is 0 Å². The molecule has 17 heavy (non-hydrogen) atoms. The summed E-state index contributed by atoms with van der Waals surface area (Å²) in [6.07, 6.45) is 3.99. The van der Waals surface area contributed by atoms with Gasteiger partial charge in [-0.25, -0.2) is 4.39 Å². The third-order valence-electron chi connectivity index (χ3n) is 2.99. The molecule has 1 aliphatic rings. The highest BCUT2D eigenvalue weighted by Gasteiger charge is 2.28. The van der Waals surface area contributed by atoms with E-state index in [9.17, 15) is 4.39 Å². The molecule has 0 spiro atoms. The molecule has 84 valence electrons. The average Bonchev–Trinajstić information content (AvgIpc) is 3.06. The molecule has 3 nitrogen and oxygen atoms in total. The maximum absolute atomic E-state index is 13.4. The smallest absolute Gasteiger partial charge is 0.125 e. The third-order valence-corrected chi connectivity index (χ3v) is 2.99. The number of hydrogen-bond donors (Lipinski definition) is 1. The van der Waals surface area contributed by atoms with Gasteiger partial charge in [0.2, 0.25) is 0 Å². The fraction of sp³-hybridized carbons (Fsp3) is 0.231. The number of nitrogens with zero attached hydrogens (tertiary/aromatic N) is 2. The van der Waals surface area contributed by atoms with Crippen molar-refractivity contribution in [1.29, 1.82) is 5.26 Å². The van der Waals surface area contributed by atoms with E-state index < -0.39 is 0 Å². The Kier molecular flexibility index (Phi) is 2.19. The van der Waals surface area contributed by atoms with Crippen molar-refractivity contribution in [3.8, 4) is 17.2 Å². The summed E-state index contributed by atoms with van der Waals surface area (Å²) in [6.45, 7) is 0. The fourth-order valence-corrected chi connectivity index (χ4v) is 2.02. The van der Waals surface area contributed by atoms with Crippen molar-refractivity contribution < 1.29 is 4.39 Å². The van der Waals surface area contributed by atoms with Gasteiger partial charge in [-0.15, -0.1) is 0 Å². The Morgan fingerprint density at radius 3 is 2.88 bits per heavy atom. The molecular weight excluding hydrogens is 217 g/mol. The minimum atomic E-state index is -0.387. The number of H-pyrrole nitrogens is 1. The molecule has 0 atom stereocenters. The van der Waals surface area contributed by atoms with Crippen molar-refractivity contribution in [3.63, 3.8) is 0 Å². The SMILES string of the molecule is N#Cc1cc(F)cc(-c2cn[nH]c2C2CC2)c1. The van der Waals surface area contributed by atoms with Crippen LogP contribution in [-0.4, -0.2) is 10.2 Å². The standard InChI is InChI=1S/C13H10FN3/c14-11-4-8(6-15)3-10(5-11)12-7-16-17-13(12)9-1-2-9/h3-5,7,9H,1-2H2,(H,16,17). The zero-order valence-corrected chi connectivity index (χ0v) is 9.07. The molecule has 1 aromatic carbocycles. The van der Waals surface area contributed by atoms with Gasteiger partial charge in [-0.05, 0) is 36.6 Å². The summed E-state index contributed by atoms with van der Waals surface area (Å²) in [7, 11) is 0. The van der Waals surface area contributed by atoms with Crippen LogP contribution in [0.2, 0.25) is 0 Å². The number of aromatic nitrogens is 2. The Bertz CT molecular complexity index is 605. The second-order valence-electron chi connectivity index (χ2n) is 4.31. The van der Waals surface area contributed by atoms with Crippen LogP contribution in [0.4, 0.5) is 4.39 Å². The first-order valence-corrected chi connectivity index (χ1v) is 5.52. The number of rotatable bonds is 2. The van der Waals surface area contributed by atoms with E-state index >= 15 is 0 Å². The molecule has 1 aliphatic carbocycles. The van der Waals surface area contributed by atoms with E-state index in [0.717, 1.165) is 29.7 Å². The predicted octanol–water partition coefficient (Wildman–Crippen LogP) is 2.96. The van der Waals surface area contributed by atoms with Crippen LogP contribution in [0.5, 0.6) is 0 Å². The highest BCUT2D eigenvalue weighted by molar-refractivity contribution is 5.68. The molecule has 4 heteroatoms. The van der Waals surface area contributed by atoms with Crippen LogP contribution in [-0.2, 0) is 0 Å². The predicted molar refractivity (Wildman–Crippen MR) is 60.7 cm³/mol. The molecule has 3 rings (SSSR count). The van der Waals surface area contributed by atoms with Gasteiger partial charge in [0.15, 0.2) is 0 Å². The quantitative estimate of drug-likeness (QED) is 0.857.